The Morgan fingerprint density at radius 1 is 1.13 bits per heavy atom. The topological polar surface area (TPSA) is 134 Å². The molecule has 10 nitrogen and oxygen atoms in total. The van der Waals surface area contributed by atoms with Gasteiger partial charge in [0, 0.05) is 30.3 Å². The third kappa shape index (κ3) is 5.17. The number of aromatic nitrogens is 4. The molecule has 39 heavy (non-hydrogen) atoms. The number of ether oxygens (including phenoxy) is 1. The molecular formula is C26H30F3N7O3. The van der Waals surface area contributed by atoms with Crippen LogP contribution in [0.4, 0.5) is 23.8 Å². The minimum absolute atomic E-state index is 0.0282. The van der Waals surface area contributed by atoms with E-state index in [9.17, 15) is 22.8 Å². The molecule has 13 heteroatoms. The van der Waals surface area contributed by atoms with Crippen molar-refractivity contribution in [3.8, 4) is 11.3 Å². The highest BCUT2D eigenvalue weighted by atomic mass is 19.4. The van der Waals surface area contributed by atoms with Crippen molar-refractivity contribution in [1.29, 1.82) is 0 Å². The zero-order valence-electron chi connectivity index (χ0n) is 21.8. The van der Waals surface area contributed by atoms with E-state index in [4.69, 9.17) is 16.2 Å². The van der Waals surface area contributed by atoms with Gasteiger partial charge in [0.2, 0.25) is 0 Å². The number of carbonyl (C=O) groups excluding carboxylic acids is 2. The lowest BCUT2D eigenvalue weighted by Gasteiger charge is -2.58. The Morgan fingerprint density at radius 3 is 2.33 bits per heavy atom. The highest BCUT2D eigenvalue weighted by Gasteiger charge is 2.55. The molecule has 1 aromatic carbocycles. The number of hydrogen-bond donors (Lipinski definition) is 2. The maximum absolute atomic E-state index is 12.8. The van der Waals surface area contributed by atoms with Gasteiger partial charge in [0.1, 0.15) is 22.7 Å². The monoisotopic (exact) mass is 545 g/mol. The summed E-state index contributed by atoms with van der Waals surface area (Å²) < 4.78 is 47.1. The predicted octanol–water partition coefficient (Wildman–Crippen LogP) is 4.07. The van der Waals surface area contributed by atoms with Crippen LogP contribution in [-0.4, -0.2) is 55.2 Å². The lowest BCUT2D eigenvalue weighted by Crippen LogP contribution is -2.64. The van der Waals surface area contributed by atoms with Crippen molar-refractivity contribution in [2.75, 3.05) is 18.8 Å². The number of nitrogens with two attached hydrogens (primary N) is 2. The number of rotatable bonds is 5. The Labute approximate surface area is 222 Å². The second kappa shape index (κ2) is 9.02. The van der Waals surface area contributed by atoms with Gasteiger partial charge in [-0.3, -0.25) is 9.48 Å². The molecule has 0 radical (unpaired) electrons. The third-order valence-corrected chi connectivity index (χ3v) is 7.11. The first-order chi connectivity index (χ1) is 18.1. The molecule has 0 bridgehead atoms. The van der Waals surface area contributed by atoms with Crippen LogP contribution in [-0.2, 0) is 17.5 Å². The fraction of sp³-hybridized carbons (Fsp3) is 0.462. The van der Waals surface area contributed by atoms with Crippen molar-refractivity contribution in [3.05, 3.63) is 53.3 Å². The molecule has 208 valence electrons. The molecular weight excluding hydrogens is 515 g/mol. The predicted molar refractivity (Wildman–Crippen MR) is 135 cm³/mol. The quantitative estimate of drug-likeness (QED) is 0.497. The number of likely N-dealkylation sites (tertiary alicyclic amines) is 1. The highest BCUT2D eigenvalue weighted by molar-refractivity contribution is 6.03. The first-order valence-electron chi connectivity index (χ1n) is 12.5. The van der Waals surface area contributed by atoms with Crippen LogP contribution in [0.5, 0.6) is 0 Å². The summed E-state index contributed by atoms with van der Waals surface area (Å²) in [5.41, 5.74) is 12.2. The Balaban J connectivity index is 1.28. The summed E-state index contributed by atoms with van der Waals surface area (Å²) in [6.45, 7) is 6.88. The molecule has 3 aromatic rings. The van der Waals surface area contributed by atoms with Crippen molar-refractivity contribution >= 4 is 17.8 Å². The van der Waals surface area contributed by atoms with Crippen LogP contribution in [0.3, 0.4) is 0 Å². The summed E-state index contributed by atoms with van der Waals surface area (Å²) >= 11 is 0. The minimum atomic E-state index is -4.41. The van der Waals surface area contributed by atoms with Crippen LogP contribution in [0.25, 0.3) is 11.3 Å². The maximum atomic E-state index is 12.8. The molecule has 1 aliphatic heterocycles. The molecule has 2 fully saturated rings. The second-order valence-electron chi connectivity index (χ2n) is 11.4. The summed E-state index contributed by atoms with van der Waals surface area (Å²) in [5, 5.41) is 8.89. The zero-order valence-corrected chi connectivity index (χ0v) is 21.8. The SMILES string of the molecule is CC(C)(C)OC(=O)N1CC2(CC(n3nc(-c4cnn(Cc5ccc(C(F)(F)F)cc5)c4)c(C(N)=O)c3N)C2)C1. The van der Waals surface area contributed by atoms with E-state index in [2.05, 4.69) is 10.2 Å². The van der Waals surface area contributed by atoms with Gasteiger partial charge in [-0.1, -0.05) is 12.1 Å². The van der Waals surface area contributed by atoms with Gasteiger partial charge in [0.15, 0.2) is 0 Å². The summed E-state index contributed by atoms with van der Waals surface area (Å²) in [7, 11) is 0. The van der Waals surface area contributed by atoms with Gasteiger partial charge in [0.25, 0.3) is 5.91 Å². The van der Waals surface area contributed by atoms with E-state index in [1.54, 1.807) is 15.8 Å². The number of nitrogens with zero attached hydrogens (tertiary/aromatic N) is 5. The highest BCUT2D eigenvalue weighted by Crippen LogP contribution is 2.55. The van der Waals surface area contributed by atoms with Crippen LogP contribution in [0, 0.1) is 5.41 Å². The molecule has 4 N–H and O–H groups in total. The van der Waals surface area contributed by atoms with E-state index in [0.29, 0.717) is 29.9 Å². The van der Waals surface area contributed by atoms with E-state index >= 15 is 0 Å². The van der Waals surface area contributed by atoms with Crippen LogP contribution in [0.2, 0.25) is 0 Å². The molecule has 5 rings (SSSR count). The van der Waals surface area contributed by atoms with Crippen LogP contribution < -0.4 is 11.5 Å². The first kappa shape index (κ1) is 26.6. The van der Waals surface area contributed by atoms with Gasteiger partial charge in [0.05, 0.1) is 24.3 Å². The van der Waals surface area contributed by atoms with E-state index in [0.717, 1.165) is 25.0 Å². The smallest absolute Gasteiger partial charge is 0.416 e. The first-order valence-corrected chi connectivity index (χ1v) is 12.5. The number of carbonyl (C=O) groups is 2. The number of primary amides is 1. The Bertz CT molecular complexity index is 1410. The van der Waals surface area contributed by atoms with Gasteiger partial charge in [-0.25, -0.2) is 9.48 Å². The van der Waals surface area contributed by atoms with Crippen molar-refractivity contribution < 1.29 is 27.5 Å². The Morgan fingerprint density at radius 2 is 1.77 bits per heavy atom. The van der Waals surface area contributed by atoms with Crippen LogP contribution in [0.1, 0.15) is 61.1 Å². The molecule has 1 saturated carbocycles. The van der Waals surface area contributed by atoms with E-state index in [1.807, 2.05) is 20.8 Å². The van der Waals surface area contributed by atoms with Gasteiger partial charge in [-0.15, -0.1) is 0 Å². The number of halogens is 3. The van der Waals surface area contributed by atoms with E-state index < -0.39 is 23.2 Å². The molecule has 0 unspecified atom stereocenters. The Hall–Kier alpha value is -4.03. The number of hydrogen-bond acceptors (Lipinski definition) is 6. The van der Waals surface area contributed by atoms with Crippen molar-refractivity contribution in [2.45, 2.75) is 58.0 Å². The molecule has 0 atom stereocenters. The molecule has 1 aliphatic carbocycles. The molecule has 1 saturated heterocycles. The van der Waals surface area contributed by atoms with Crippen molar-refractivity contribution in [1.82, 2.24) is 24.5 Å². The summed E-state index contributed by atoms with van der Waals surface area (Å²) in [6.07, 6.45) is -0.107. The molecule has 2 aliphatic rings. The third-order valence-electron chi connectivity index (χ3n) is 7.11. The average Bonchev–Trinajstić information content (AvgIpc) is 3.35. The number of anilines is 1. The van der Waals surface area contributed by atoms with Gasteiger partial charge in [-0.05, 0) is 51.3 Å². The van der Waals surface area contributed by atoms with Gasteiger partial charge >= 0.3 is 12.3 Å². The summed E-state index contributed by atoms with van der Waals surface area (Å²) in [6, 6.07) is 4.77. The summed E-state index contributed by atoms with van der Waals surface area (Å²) in [5.74, 6) is -0.561. The number of alkyl halides is 3. The van der Waals surface area contributed by atoms with Gasteiger partial charge in [-0.2, -0.15) is 23.4 Å². The number of amides is 2. The average molecular weight is 546 g/mol. The molecule has 3 heterocycles. The maximum Gasteiger partial charge on any atom is 0.416 e. The Kier molecular flexibility index (Phi) is 6.15. The second-order valence-corrected chi connectivity index (χ2v) is 11.4. The lowest BCUT2D eigenvalue weighted by atomic mass is 9.61. The molecule has 2 amide bonds. The minimum Gasteiger partial charge on any atom is -0.444 e. The molecule has 2 aromatic heterocycles. The van der Waals surface area contributed by atoms with Crippen molar-refractivity contribution in [2.24, 2.45) is 11.1 Å². The van der Waals surface area contributed by atoms with Gasteiger partial charge < -0.3 is 21.1 Å². The fourth-order valence-corrected chi connectivity index (χ4v) is 5.32. The largest absolute Gasteiger partial charge is 0.444 e. The van der Waals surface area contributed by atoms with Crippen molar-refractivity contribution in [3.63, 3.8) is 0 Å². The van der Waals surface area contributed by atoms with Crippen LogP contribution >= 0.6 is 0 Å². The lowest BCUT2D eigenvalue weighted by molar-refractivity contribution is -0.137. The van der Waals surface area contributed by atoms with E-state index in [1.165, 1.54) is 23.0 Å². The zero-order chi connectivity index (χ0) is 28.3. The normalized spacial score (nSPS) is 17.1. The number of benzene rings is 1. The fourth-order valence-electron chi connectivity index (χ4n) is 5.32. The standard InChI is InChI=1S/C26H30F3N7O3/c1-24(2,3)39-23(38)34-13-25(14-34)8-18(9-25)36-21(30)19(22(31)37)20(33-36)16-10-32-35(12-16)11-15-4-6-17(7-5-15)26(27,28)29/h4-7,10,12,18H,8-9,11,13-14,30H2,1-3H3,(H2,31,37). The molecule has 1 spiro atoms. The number of nitrogen functional groups attached to an aromatic ring is 1. The van der Waals surface area contributed by atoms with Crippen LogP contribution in [0.15, 0.2) is 36.7 Å². The summed E-state index contributed by atoms with van der Waals surface area (Å²) in [4.78, 5) is 26.3. The van der Waals surface area contributed by atoms with E-state index in [-0.39, 0.29) is 35.5 Å².